The Labute approximate surface area is 176 Å². The largest absolute Gasteiger partial charge is 0.462 e. The van der Waals surface area contributed by atoms with Gasteiger partial charge in [-0.25, -0.2) is 14.8 Å². The number of rotatable bonds is 5. The molecule has 8 heteroatoms. The fourth-order valence-electron chi connectivity index (χ4n) is 4.20. The summed E-state index contributed by atoms with van der Waals surface area (Å²) in [5, 5.41) is 1.01. The van der Waals surface area contributed by atoms with Gasteiger partial charge in [-0.15, -0.1) is 11.3 Å². The summed E-state index contributed by atoms with van der Waals surface area (Å²) in [7, 11) is 0. The molecular weight excluding hydrogens is 388 g/mol. The molecule has 1 atom stereocenters. The molecule has 0 aliphatic carbocycles. The van der Waals surface area contributed by atoms with Gasteiger partial charge >= 0.3 is 5.97 Å². The minimum Gasteiger partial charge on any atom is -0.462 e. The maximum absolute atomic E-state index is 12.5. The summed E-state index contributed by atoms with van der Waals surface area (Å²) in [4.78, 5) is 28.7. The van der Waals surface area contributed by atoms with Crippen LogP contribution in [0.25, 0.3) is 10.2 Å². The second-order valence-electron chi connectivity index (χ2n) is 7.85. The SMILES string of the molecule is CCOC(=O)c1sc2nc(CN3CCOCC3)nc(N3CCCC[C@H]3C)c2c1C. The van der Waals surface area contributed by atoms with Gasteiger partial charge in [0, 0.05) is 25.7 Å². The lowest BCUT2D eigenvalue weighted by Gasteiger charge is -2.35. The Bertz CT molecular complexity index is 878. The van der Waals surface area contributed by atoms with Crippen LogP contribution in [0.5, 0.6) is 0 Å². The molecule has 4 heterocycles. The van der Waals surface area contributed by atoms with Crippen LogP contribution in [0.1, 0.15) is 54.2 Å². The van der Waals surface area contributed by atoms with Crippen molar-refractivity contribution in [3.8, 4) is 0 Å². The first kappa shape index (κ1) is 20.5. The molecule has 0 aromatic carbocycles. The summed E-state index contributed by atoms with van der Waals surface area (Å²) in [5.41, 5.74) is 0.939. The third-order valence-corrected chi connectivity index (χ3v) is 6.99. The van der Waals surface area contributed by atoms with Crippen molar-refractivity contribution in [3.63, 3.8) is 0 Å². The quantitative estimate of drug-likeness (QED) is 0.690. The van der Waals surface area contributed by atoms with Crippen molar-refractivity contribution < 1.29 is 14.3 Å². The number of aryl methyl sites for hydroxylation is 1. The van der Waals surface area contributed by atoms with Crippen LogP contribution in [0.3, 0.4) is 0 Å². The molecule has 7 nitrogen and oxygen atoms in total. The highest BCUT2D eigenvalue weighted by atomic mass is 32.1. The maximum atomic E-state index is 12.5. The highest BCUT2D eigenvalue weighted by Gasteiger charge is 2.27. The molecule has 2 aliphatic heterocycles. The number of nitrogens with zero attached hydrogens (tertiary/aromatic N) is 4. The zero-order valence-corrected chi connectivity index (χ0v) is 18.4. The molecule has 0 N–H and O–H groups in total. The van der Waals surface area contributed by atoms with Gasteiger partial charge in [-0.3, -0.25) is 4.90 Å². The fourth-order valence-corrected chi connectivity index (χ4v) is 5.29. The fraction of sp³-hybridized carbons (Fsp3) is 0.667. The number of anilines is 1. The van der Waals surface area contributed by atoms with Crippen molar-refractivity contribution in [1.29, 1.82) is 0 Å². The van der Waals surface area contributed by atoms with Gasteiger partial charge in [0.05, 0.1) is 31.8 Å². The predicted molar refractivity (Wildman–Crippen MR) is 115 cm³/mol. The van der Waals surface area contributed by atoms with E-state index in [-0.39, 0.29) is 5.97 Å². The smallest absolute Gasteiger partial charge is 0.348 e. The third kappa shape index (κ3) is 4.25. The van der Waals surface area contributed by atoms with Gasteiger partial charge in [0.25, 0.3) is 0 Å². The summed E-state index contributed by atoms with van der Waals surface area (Å²) in [5.74, 6) is 1.54. The van der Waals surface area contributed by atoms with Crippen LogP contribution in [0.4, 0.5) is 5.82 Å². The minimum absolute atomic E-state index is 0.264. The van der Waals surface area contributed by atoms with E-state index in [2.05, 4.69) is 16.7 Å². The molecule has 0 unspecified atom stereocenters. The van der Waals surface area contributed by atoms with Crippen LogP contribution in [0.15, 0.2) is 0 Å². The van der Waals surface area contributed by atoms with Crippen molar-refractivity contribution in [2.24, 2.45) is 0 Å². The molecule has 2 aromatic rings. The summed E-state index contributed by atoms with van der Waals surface area (Å²) in [6, 6.07) is 0.434. The monoisotopic (exact) mass is 418 g/mol. The Balaban J connectivity index is 1.78. The van der Waals surface area contributed by atoms with E-state index in [1.54, 1.807) is 0 Å². The predicted octanol–water partition coefficient (Wildman–Crippen LogP) is 3.39. The van der Waals surface area contributed by atoms with E-state index < -0.39 is 0 Å². The van der Waals surface area contributed by atoms with Gasteiger partial charge in [-0.05, 0) is 45.6 Å². The lowest BCUT2D eigenvalue weighted by molar-refractivity contribution is 0.0331. The van der Waals surface area contributed by atoms with E-state index in [0.717, 1.165) is 66.7 Å². The van der Waals surface area contributed by atoms with E-state index in [9.17, 15) is 4.79 Å². The van der Waals surface area contributed by atoms with Crippen LogP contribution < -0.4 is 4.90 Å². The summed E-state index contributed by atoms with van der Waals surface area (Å²) in [6.07, 6.45) is 3.59. The van der Waals surface area contributed by atoms with Crippen molar-refractivity contribution in [2.75, 3.05) is 44.4 Å². The topological polar surface area (TPSA) is 67.8 Å². The molecule has 158 valence electrons. The zero-order chi connectivity index (χ0) is 20.4. The van der Waals surface area contributed by atoms with Crippen LogP contribution in [-0.2, 0) is 16.0 Å². The average molecular weight is 419 g/mol. The molecule has 29 heavy (non-hydrogen) atoms. The second-order valence-corrected chi connectivity index (χ2v) is 8.85. The van der Waals surface area contributed by atoms with Gasteiger partial charge in [0.15, 0.2) is 0 Å². The molecule has 0 bridgehead atoms. The van der Waals surface area contributed by atoms with Crippen molar-refractivity contribution in [2.45, 2.75) is 52.6 Å². The standard InChI is InChI=1S/C21H30N4O3S/c1-4-28-21(26)18-15(3)17-19(25-8-6-5-7-14(25)2)22-16(23-20(17)29-18)13-24-9-11-27-12-10-24/h14H,4-13H2,1-3H3/t14-/m1/s1. The number of esters is 1. The number of fused-ring (bicyclic) bond motifs is 1. The normalized spacial score (nSPS) is 20.9. The minimum atomic E-state index is -0.264. The van der Waals surface area contributed by atoms with E-state index in [0.29, 0.717) is 24.1 Å². The first-order valence-corrected chi connectivity index (χ1v) is 11.4. The second kappa shape index (κ2) is 8.93. The van der Waals surface area contributed by atoms with Gasteiger partial charge in [-0.1, -0.05) is 0 Å². The summed E-state index contributed by atoms with van der Waals surface area (Å²) < 4.78 is 10.8. The van der Waals surface area contributed by atoms with Crippen molar-refractivity contribution in [1.82, 2.24) is 14.9 Å². The molecule has 0 saturated carbocycles. The molecule has 0 amide bonds. The molecule has 2 aromatic heterocycles. The first-order valence-electron chi connectivity index (χ1n) is 10.6. The Morgan fingerprint density at radius 3 is 2.76 bits per heavy atom. The number of aromatic nitrogens is 2. The number of thiophene rings is 1. The van der Waals surface area contributed by atoms with Crippen molar-refractivity contribution in [3.05, 3.63) is 16.3 Å². The maximum Gasteiger partial charge on any atom is 0.348 e. The molecule has 0 radical (unpaired) electrons. The number of hydrogen-bond donors (Lipinski definition) is 0. The zero-order valence-electron chi connectivity index (χ0n) is 17.6. The molecule has 2 saturated heterocycles. The number of piperidine rings is 1. The molecule has 2 aliphatic rings. The highest BCUT2D eigenvalue weighted by molar-refractivity contribution is 7.20. The first-order chi connectivity index (χ1) is 14.1. The lowest BCUT2D eigenvalue weighted by Crippen LogP contribution is -2.39. The van der Waals surface area contributed by atoms with E-state index in [4.69, 9.17) is 19.4 Å². The van der Waals surface area contributed by atoms with Crippen LogP contribution in [-0.4, -0.2) is 66.3 Å². The number of morpholine rings is 1. The van der Waals surface area contributed by atoms with Gasteiger partial charge in [0.2, 0.25) is 0 Å². The molecular formula is C21H30N4O3S. The Morgan fingerprint density at radius 1 is 1.24 bits per heavy atom. The van der Waals surface area contributed by atoms with E-state index >= 15 is 0 Å². The van der Waals surface area contributed by atoms with Gasteiger partial charge in [0.1, 0.15) is 21.3 Å². The number of hydrogen-bond acceptors (Lipinski definition) is 8. The van der Waals surface area contributed by atoms with E-state index in [1.807, 2.05) is 13.8 Å². The van der Waals surface area contributed by atoms with Crippen LogP contribution in [0.2, 0.25) is 0 Å². The molecule has 2 fully saturated rings. The molecule has 4 rings (SSSR count). The van der Waals surface area contributed by atoms with Crippen LogP contribution in [0, 0.1) is 6.92 Å². The lowest BCUT2D eigenvalue weighted by atomic mass is 10.0. The van der Waals surface area contributed by atoms with E-state index in [1.165, 1.54) is 24.2 Å². The van der Waals surface area contributed by atoms with Crippen LogP contribution >= 0.6 is 11.3 Å². The summed E-state index contributed by atoms with van der Waals surface area (Å²) in [6.45, 7) is 11.5. The van der Waals surface area contributed by atoms with Gasteiger partial charge in [-0.2, -0.15) is 0 Å². The Morgan fingerprint density at radius 2 is 2.03 bits per heavy atom. The Hall–Kier alpha value is -1.77. The summed E-state index contributed by atoms with van der Waals surface area (Å²) >= 11 is 1.43. The third-order valence-electron chi connectivity index (χ3n) is 5.82. The van der Waals surface area contributed by atoms with Crippen molar-refractivity contribution >= 4 is 33.3 Å². The average Bonchev–Trinajstić information content (AvgIpc) is 3.05. The number of carbonyl (C=O) groups excluding carboxylic acids is 1. The van der Waals surface area contributed by atoms with Gasteiger partial charge < -0.3 is 14.4 Å². The highest BCUT2D eigenvalue weighted by Crippen LogP contribution is 2.38. The molecule has 0 spiro atoms. The Kier molecular flexibility index (Phi) is 6.32. The number of ether oxygens (including phenoxy) is 2. The number of carbonyl (C=O) groups is 1.